The Hall–Kier alpha value is -1.31. The number of carbonyl (C=O) groups is 1. The number of rotatable bonds is 6. The van der Waals surface area contributed by atoms with E-state index >= 15 is 0 Å². The third kappa shape index (κ3) is 6.78. The summed E-state index contributed by atoms with van der Waals surface area (Å²) < 4.78 is 0. The average Bonchev–Trinajstić information content (AvgIpc) is 2.64. The summed E-state index contributed by atoms with van der Waals surface area (Å²) in [5.41, 5.74) is 2.63. The minimum Gasteiger partial charge on any atom is -0.356 e. The molecule has 1 saturated heterocycles. The van der Waals surface area contributed by atoms with E-state index in [9.17, 15) is 4.79 Å². The van der Waals surface area contributed by atoms with Crippen molar-refractivity contribution in [3.05, 3.63) is 35.4 Å². The molecule has 5 nitrogen and oxygen atoms in total. The number of benzene rings is 1. The highest BCUT2D eigenvalue weighted by Gasteiger charge is 2.22. The molecule has 0 aromatic heterocycles. The van der Waals surface area contributed by atoms with Crippen LogP contribution in [0.5, 0.6) is 0 Å². The summed E-state index contributed by atoms with van der Waals surface area (Å²) >= 11 is 0. The van der Waals surface area contributed by atoms with Crippen molar-refractivity contribution in [3.8, 4) is 0 Å². The minimum atomic E-state index is 0. The number of nitrogens with zero attached hydrogens (tertiary/aromatic N) is 2. The Balaban J connectivity index is 0.00000338. The topological polar surface area (TPSA) is 56.7 Å². The summed E-state index contributed by atoms with van der Waals surface area (Å²) in [4.78, 5) is 18.6. The van der Waals surface area contributed by atoms with E-state index < -0.39 is 0 Å². The molecule has 1 fully saturated rings. The van der Waals surface area contributed by atoms with Gasteiger partial charge in [0.2, 0.25) is 5.91 Å². The van der Waals surface area contributed by atoms with E-state index in [1.54, 1.807) is 7.05 Å². The molecule has 0 spiro atoms. The van der Waals surface area contributed by atoms with Crippen LogP contribution in [0.3, 0.4) is 0 Å². The normalized spacial score (nSPS) is 17.4. The zero-order valence-electron chi connectivity index (χ0n) is 16.3. The van der Waals surface area contributed by atoms with Crippen molar-refractivity contribution in [2.75, 3.05) is 20.1 Å². The molecule has 1 aromatic carbocycles. The van der Waals surface area contributed by atoms with Gasteiger partial charge < -0.3 is 15.5 Å². The summed E-state index contributed by atoms with van der Waals surface area (Å²) in [6.07, 6.45) is 5.02. The Bertz CT molecular complexity index is 591. The lowest BCUT2D eigenvalue weighted by atomic mass is 10.0. The number of hydrogen-bond donors (Lipinski definition) is 2. The SMILES string of the molecule is CCc1ccccc1CNC(=NC)NCCC(=O)N1CCCCC1C.I. The van der Waals surface area contributed by atoms with Crippen LogP contribution >= 0.6 is 24.0 Å². The lowest BCUT2D eigenvalue weighted by Crippen LogP contribution is -2.44. The van der Waals surface area contributed by atoms with E-state index in [0.717, 1.165) is 38.3 Å². The van der Waals surface area contributed by atoms with Crippen LogP contribution in [0, 0.1) is 0 Å². The summed E-state index contributed by atoms with van der Waals surface area (Å²) in [6.45, 7) is 6.56. The lowest BCUT2D eigenvalue weighted by Gasteiger charge is -2.33. The molecule has 2 N–H and O–H groups in total. The Morgan fingerprint density at radius 1 is 1.23 bits per heavy atom. The van der Waals surface area contributed by atoms with Gasteiger partial charge in [-0.1, -0.05) is 31.2 Å². The predicted molar refractivity (Wildman–Crippen MR) is 119 cm³/mol. The van der Waals surface area contributed by atoms with Crippen molar-refractivity contribution in [3.63, 3.8) is 0 Å². The summed E-state index contributed by atoms with van der Waals surface area (Å²) in [7, 11) is 1.76. The fraction of sp³-hybridized carbons (Fsp3) is 0.600. The molecule has 26 heavy (non-hydrogen) atoms. The molecule has 2 rings (SSSR count). The molecule has 1 unspecified atom stereocenters. The molecule has 6 heteroatoms. The van der Waals surface area contributed by atoms with Gasteiger partial charge in [-0.25, -0.2) is 0 Å². The Morgan fingerprint density at radius 3 is 2.62 bits per heavy atom. The third-order valence-electron chi connectivity index (χ3n) is 4.92. The van der Waals surface area contributed by atoms with Crippen LogP contribution in [0.1, 0.15) is 50.7 Å². The van der Waals surface area contributed by atoms with Gasteiger partial charge in [-0.05, 0) is 43.7 Å². The van der Waals surface area contributed by atoms with Crippen molar-refractivity contribution in [2.45, 2.75) is 58.5 Å². The second-order valence-corrected chi connectivity index (χ2v) is 6.66. The fourth-order valence-corrected chi connectivity index (χ4v) is 3.37. The van der Waals surface area contributed by atoms with E-state index in [4.69, 9.17) is 0 Å². The maximum atomic E-state index is 12.4. The van der Waals surface area contributed by atoms with Crippen molar-refractivity contribution in [1.29, 1.82) is 0 Å². The summed E-state index contributed by atoms with van der Waals surface area (Å²) in [5, 5.41) is 6.59. The lowest BCUT2D eigenvalue weighted by molar-refractivity contribution is -0.134. The van der Waals surface area contributed by atoms with Gasteiger partial charge >= 0.3 is 0 Å². The summed E-state index contributed by atoms with van der Waals surface area (Å²) in [5.74, 6) is 0.983. The number of aryl methyl sites for hydroxylation is 1. The van der Waals surface area contributed by atoms with Crippen molar-refractivity contribution in [1.82, 2.24) is 15.5 Å². The molecule has 1 aliphatic heterocycles. The molecule has 0 saturated carbocycles. The highest BCUT2D eigenvalue weighted by molar-refractivity contribution is 14.0. The first-order chi connectivity index (χ1) is 12.2. The molecule has 1 atom stereocenters. The summed E-state index contributed by atoms with van der Waals surface area (Å²) in [6, 6.07) is 8.81. The predicted octanol–water partition coefficient (Wildman–Crippen LogP) is 3.32. The molecule has 0 radical (unpaired) electrons. The highest BCUT2D eigenvalue weighted by atomic mass is 127. The van der Waals surface area contributed by atoms with Gasteiger partial charge in [-0.15, -0.1) is 24.0 Å². The first-order valence-electron chi connectivity index (χ1n) is 9.46. The molecule has 146 valence electrons. The van der Waals surface area contributed by atoms with E-state index in [2.05, 4.69) is 53.7 Å². The van der Waals surface area contributed by atoms with Gasteiger partial charge in [-0.2, -0.15) is 0 Å². The first kappa shape index (κ1) is 22.7. The van der Waals surface area contributed by atoms with Gasteiger partial charge in [0.25, 0.3) is 0 Å². The van der Waals surface area contributed by atoms with E-state index in [1.807, 2.05) is 4.90 Å². The molecular weight excluding hydrogens is 439 g/mol. The number of carbonyl (C=O) groups excluding carboxylic acids is 1. The number of piperidine rings is 1. The second kappa shape index (κ2) is 12.1. The monoisotopic (exact) mass is 472 g/mol. The van der Waals surface area contributed by atoms with Crippen LogP contribution in [0.15, 0.2) is 29.3 Å². The van der Waals surface area contributed by atoms with Crippen LogP contribution in [-0.2, 0) is 17.8 Å². The number of aliphatic imine (C=N–C) groups is 1. The smallest absolute Gasteiger partial charge is 0.224 e. The second-order valence-electron chi connectivity index (χ2n) is 6.66. The Labute approximate surface area is 175 Å². The number of hydrogen-bond acceptors (Lipinski definition) is 2. The standard InChI is InChI=1S/C20H32N4O.HI/c1-4-17-10-5-6-11-18(17)15-23-20(21-3)22-13-12-19(25)24-14-8-7-9-16(24)2;/h5-6,10-11,16H,4,7-9,12-15H2,1-3H3,(H2,21,22,23);1H. The quantitative estimate of drug-likeness (QED) is 0.380. The fourth-order valence-electron chi connectivity index (χ4n) is 3.37. The molecule has 1 heterocycles. The Kier molecular flexibility index (Phi) is 10.6. The molecule has 0 bridgehead atoms. The largest absolute Gasteiger partial charge is 0.356 e. The molecule has 1 aliphatic rings. The zero-order valence-corrected chi connectivity index (χ0v) is 18.6. The zero-order chi connectivity index (χ0) is 18.1. The number of guanidine groups is 1. The number of halogens is 1. The number of amides is 1. The molecule has 1 aromatic rings. The highest BCUT2D eigenvalue weighted by Crippen LogP contribution is 2.17. The van der Waals surface area contributed by atoms with E-state index in [0.29, 0.717) is 19.0 Å². The van der Waals surface area contributed by atoms with Crippen molar-refractivity contribution >= 4 is 35.8 Å². The molecule has 1 amide bonds. The van der Waals surface area contributed by atoms with Crippen LogP contribution < -0.4 is 10.6 Å². The van der Waals surface area contributed by atoms with Gasteiger partial charge in [0, 0.05) is 39.1 Å². The van der Waals surface area contributed by atoms with Crippen LogP contribution in [-0.4, -0.2) is 42.9 Å². The maximum absolute atomic E-state index is 12.4. The van der Waals surface area contributed by atoms with Crippen LogP contribution in [0.2, 0.25) is 0 Å². The van der Waals surface area contributed by atoms with Crippen LogP contribution in [0.25, 0.3) is 0 Å². The minimum absolute atomic E-state index is 0. The molecular formula is C20H33IN4O. The van der Waals surface area contributed by atoms with E-state index in [1.165, 1.54) is 17.5 Å². The van der Waals surface area contributed by atoms with Crippen LogP contribution in [0.4, 0.5) is 0 Å². The van der Waals surface area contributed by atoms with Crippen molar-refractivity contribution in [2.24, 2.45) is 4.99 Å². The Morgan fingerprint density at radius 2 is 1.96 bits per heavy atom. The van der Waals surface area contributed by atoms with Crippen molar-refractivity contribution < 1.29 is 4.79 Å². The van der Waals surface area contributed by atoms with Gasteiger partial charge in [0.05, 0.1) is 0 Å². The van der Waals surface area contributed by atoms with Gasteiger partial charge in [0.15, 0.2) is 5.96 Å². The van der Waals surface area contributed by atoms with Gasteiger partial charge in [-0.3, -0.25) is 9.79 Å². The first-order valence-corrected chi connectivity index (χ1v) is 9.46. The van der Waals surface area contributed by atoms with Gasteiger partial charge in [0.1, 0.15) is 0 Å². The molecule has 0 aliphatic carbocycles. The number of likely N-dealkylation sites (tertiary alicyclic amines) is 1. The van der Waals surface area contributed by atoms with E-state index in [-0.39, 0.29) is 29.9 Å². The third-order valence-corrected chi connectivity index (χ3v) is 4.92. The maximum Gasteiger partial charge on any atom is 0.224 e. The number of nitrogens with one attached hydrogen (secondary N) is 2. The average molecular weight is 472 g/mol.